The molecular weight excluding hydrogens is 85.0 g/mol. The SMILES string of the molecule is [2H][13C@@H](O)[C@]([2H])(O)CO. The van der Waals surface area contributed by atoms with E-state index in [1.165, 1.54) is 0 Å². The van der Waals surface area contributed by atoms with Gasteiger partial charge in [-0.2, -0.15) is 0 Å². The first-order valence-electron chi connectivity index (χ1n) is 2.52. The van der Waals surface area contributed by atoms with Crippen LogP contribution in [0.1, 0.15) is 2.74 Å². The van der Waals surface area contributed by atoms with Crippen LogP contribution in [0.5, 0.6) is 0 Å². The van der Waals surface area contributed by atoms with Gasteiger partial charge in [-0.3, -0.25) is 0 Å². The standard InChI is InChI=1S/C3H8O3/c4-1-3(6)2-5/h3-6H,1-2H2/i1+1D,3D/t1-,3+/m1/s1. The highest BCUT2D eigenvalue weighted by Crippen LogP contribution is 1.71. The van der Waals surface area contributed by atoms with Gasteiger partial charge in [-0.1, -0.05) is 0 Å². The van der Waals surface area contributed by atoms with Gasteiger partial charge in [0.25, 0.3) is 0 Å². The fourth-order valence-corrected chi connectivity index (χ4v) is 0.0408. The molecule has 0 fully saturated rings. The molecule has 0 saturated carbocycles. The maximum Gasteiger partial charge on any atom is 0.100 e. The lowest BCUT2D eigenvalue weighted by Gasteiger charge is -1.96. The van der Waals surface area contributed by atoms with Gasteiger partial charge in [0.1, 0.15) is 6.08 Å². The summed E-state index contributed by atoms with van der Waals surface area (Å²) in [6.07, 6.45) is -2.43. The van der Waals surface area contributed by atoms with Crippen LogP contribution in [-0.2, 0) is 0 Å². The highest BCUT2D eigenvalue weighted by molar-refractivity contribution is 4.43. The zero-order valence-corrected chi connectivity index (χ0v) is 3.13. The lowest BCUT2D eigenvalue weighted by Crippen LogP contribution is -2.15. The summed E-state index contributed by atoms with van der Waals surface area (Å²) in [6.45, 7) is -2.90. The zero-order chi connectivity index (χ0) is 6.78. The van der Waals surface area contributed by atoms with Gasteiger partial charge in [-0.15, -0.1) is 0 Å². The van der Waals surface area contributed by atoms with Crippen molar-refractivity contribution in [3.05, 3.63) is 0 Å². The van der Waals surface area contributed by atoms with Crippen LogP contribution < -0.4 is 0 Å². The number of hydrogen-bond donors (Lipinski definition) is 3. The highest BCUT2D eigenvalue weighted by Gasteiger charge is 1.93. The third-order valence-corrected chi connectivity index (χ3v) is 0.311. The average Bonchev–Trinajstić information content (AvgIpc) is 1.67. The molecule has 0 amide bonds. The van der Waals surface area contributed by atoms with Crippen molar-refractivity contribution in [3.8, 4) is 0 Å². The van der Waals surface area contributed by atoms with E-state index in [1.54, 1.807) is 0 Å². The van der Waals surface area contributed by atoms with Crippen LogP contribution in [0, 0.1) is 0 Å². The van der Waals surface area contributed by atoms with Gasteiger partial charge >= 0.3 is 0 Å². The lowest BCUT2D eigenvalue weighted by atomic mass is 10.6. The van der Waals surface area contributed by atoms with E-state index in [4.69, 9.17) is 18.1 Å². The molecule has 0 aliphatic rings. The van der Waals surface area contributed by atoms with Gasteiger partial charge in [0, 0.05) is 0 Å². The molecule has 0 saturated heterocycles. The van der Waals surface area contributed by atoms with Crippen LogP contribution in [0.25, 0.3) is 0 Å². The molecule has 3 N–H and O–H groups in total. The second kappa shape index (κ2) is 3.08. The quantitative estimate of drug-likeness (QED) is 0.359. The van der Waals surface area contributed by atoms with Crippen molar-refractivity contribution in [1.82, 2.24) is 0 Å². The van der Waals surface area contributed by atoms with Gasteiger partial charge in [-0.05, 0) is 0 Å². The van der Waals surface area contributed by atoms with Crippen molar-refractivity contribution in [3.63, 3.8) is 0 Å². The van der Waals surface area contributed by atoms with Crippen LogP contribution in [0.4, 0.5) is 0 Å². The van der Waals surface area contributed by atoms with Gasteiger partial charge < -0.3 is 15.3 Å². The molecule has 6 heavy (non-hydrogen) atoms. The third-order valence-electron chi connectivity index (χ3n) is 0.311. The Hall–Kier alpha value is -0.120. The molecular formula is C3H8O3. The highest BCUT2D eigenvalue weighted by atomic mass is 16.4. The largest absolute Gasteiger partial charge is 0.394 e. The van der Waals surface area contributed by atoms with E-state index in [0.717, 1.165) is 0 Å². The van der Waals surface area contributed by atoms with Gasteiger partial charge in [-0.25, -0.2) is 0 Å². The van der Waals surface area contributed by atoms with Crippen LogP contribution in [0.2, 0.25) is 0 Å². The number of aliphatic hydroxyl groups is 3. The Morgan fingerprint density at radius 2 is 2.33 bits per heavy atom. The summed E-state index contributed by atoms with van der Waals surface area (Å²) in [5.41, 5.74) is 0. The van der Waals surface area contributed by atoms with E-state index in [2.05, 4.69) is 0 Å². The smallest absolute Gasteiger partial charge is 0.100 e. The molecule has 0 aromatic carbocycles. The molecule has 0 radical (unpaired) electrons. The van der Waals surface area contributed by atoms with Crippen molar-refractivity contribution < 1.29 is 18.1 Å². The molecule has 0 rings (SSSR count). The summed E-state index contributed by atoms with van der Waals surface area (Å²) in [7, 11) is 0. The van der Waals surface area contributed by atoms with E-state index < -0.39 is 19.3 Å². The molecule has 3 nitrogen and oxygen atoms in total. The van der Waals surface area contributed by atoms with Crippen LogP contribution in [0.15, 0.2) is 0 Å². The Labute approximate surface area is 38.7 Å². The molecule has 0 spiro atoms. The molecule has 3 heteroatoms. The van der Waals surface area contributed by atoms with E-state index in [0.29, 0.717) is 0 Å². The Morgan fingerprint density at radius 3 is 2.33 bits per heavy atom. The summed E-state index contributed by atoms with van der Waals surface area (Å²) in [6, 6.07) is 0. The van der Waals surface area contributed by atoms with Crippen molar-refractivity contribution in [2.24, 2.45) is 0 Å². The summed E-state index contributed by atoms with van der Waals surface area (Å²) < 4.78 is 12.8. The molecule has 0 bridgehead atoms. The van der Waals surface area contributed by atoms with Gasteiger partial charge in [0.2, 0.25) is 0 Å². The summed E-state index contributed by atoms with van der Waals surface area (Å²) in [5, 5.41) is 24.6. The molecule has 38 valence electrons. The lowest BCUT2D eigenvalue weighted by molar-refractivity contribution is 0.0450. The molecule has 0 aliphatic carbocycles. The monoisotopic (exact) mass is 95.1 g/mol. The minimum atomic E-state index is -2.43. The minimum absolute atomic E-state index is 0.933. The molecule has 2 atom stereocenters. The fourth-order valence-electron chi connectivity index (χ4n) is 0.0408. The second-order valence-corrected chi connectivity index (χ2v) is 0.779. The van der Waals surface area contributed by atoms with Crippen LogP contribution in [-0.4, -0.2) is 34.6 Å². The summed E-state index contributed by atoms with van der Waals surface area (Å²) in [4.78, 5) is 0. The normalized spacial score (nSPS) is 29.8. The van der Waals surface area contributed by atoms with Crippen LogP contribution in [0.3, 0.4) is 0 Å². The van der Waals surface area contributed by atoms with Crippen molar-refractivity contribution in [2.75, 3.05) is 13.2 Å². The number of aliphatic hydroxyl groups excluding tert-OH is 2. The van der Waals surface area contributed by atoms with Gasteiger partial charge in [0.15, 0.2) is 0 Å². The van der Waals surface area contributed by atoms with Crippen LogP contribution >= 0.6 is 0 Å². The molecule has 0 aromatic rings. The first kappa shape index (κ1) is 2.96. The molecule has 0 heterocycles. The van der Waals surface area contributed by atoms with Gasteiger partial charge in [0.05, 0.1) is 15.9 Å². The Kier molecular flexibility index (Phi) is 1.52. The first-order chi connectivity index (χ1) is 3.50. The Bertz CT molecular complexity index is 72.9. The van der Waals surface area contributed by atoms with Crippen molar-refractivity contribution in [1.29, 1.82) is 0 Å². The predicted molar refractivity (Wildman–Crippen MR) is 20.2 cm³/mol. The maximum absolute atomic E-state index is 8.38. The average molecular weight is 95.1 g/mol. The van der Waals surface area contributed by atoms with E-state index in [9.17, 15) is 0 Å². The van der Waals surface area contributed by atoms with E-state index in [1.807, 2.05) is 0 Å². The first-order valence-corrected chi connectivity index (χ1v) is 1.44. The van der Waals surface area contributed by atoms with Crippen molar-refractivity contribution in [2.45, 2.75) is 6.08 Å². The second-order valence-electron chi connectivity index (χ2n) is 0.779. The summed E-state index contributed by atoms with van der Waals surface area (Å²) >= 11 is 0. The molecule has 0 aliphatic heterocycles. The number of rotatable bonds is 2. The summed E-state index contributed by atoms with van der Waals surface area (Å²) in [5.74, 6) is 0. The number of hydrogen-bond acceptors (Lipinski definition) is 3. The van der Waals surface area contributed by atoms with E-state index in [-0.39, 0.29) is 0 Å². The maximum atomic E-state index is 8.38. The predicted octanol–water partition coefficient (Wildman–Crippen LogP) is -1.67. The fraction of sp³-hybridized carbons (Fsp3) is 1.00. The van der Waals surface area contributed by atoms with Crippen molar-refractivity contribution >= 4 is 0 Å². The Balaban J connectivity index is 3.71. The topological polar surface area (TPSA) is 60.7 Å². The van der Waals surface area contributed by atoms with E-state index >= 15 is 0 Å². The zero-order valence-electron chi connectivity index (χ0n) is 5.13. The minimum Gasteiger partial charge on any atom is -0.394 e. The third kappa shape index (κ3) is 2.14. The Morgan fingerprint density at radius 1 is 1.83 bits per heavy atom. The molecule has 0 unspecified atom stereocenters. The molecule has 0 aromatic heterocycles.